The summed E-state index contributed by atoms with van der Waals surface area (Å²) in [4.78, 5) is 7.41. The molecule has 0 saturated heterocycles. The molecule has 0 bridgehead atoms. The zero-order valence-corrected chi connectivity index (χ0v) is 13.3. The Morgan fingerprint density at radius 2 is 1.91 bits per heavy atom. The van der Waals surface area contributed by atoms with Gasteiger partial charge in [-0.3, -0.25) is 4.99 Å². The molecule has 5 heteroatoms. The van der Waals surface area contributed by atoms with Crippen LogP contribution in [0.1, 0.15) is 11.1 Å². The van der Waals surface area contributed by atoms with Gasteiger partial charge in [0.1, 0.15) is 17.2 Å². The van der Waals surface area contributed by atoms with Crippen molar-refractivity contribution in [1.29, 1.82) is 0 Å². The Bertz CT molecular complexity index is 881. The summed E-state index contributed by atoms with van der Waals surface area (Å²) >= 11 is 0. The Morgan fingerprint density at radius 3 is 2.65 bits per heavy atom. The third kappa shape index (κ3) is 2.85. The average molecular weight is 310 g/mol. The van der Waals surface area contributed by atoms with Crippen LogP contribution in [0.2, 0.25) is 0 Å². The van der Waals surface area contributed by atoms with Crippen molar-refractivity contribution in [2.24, 2.45) is 4.99 Å². The molecule has 0 unspecified atom stereocenters. The molecule has 2 N–H and O–H groups in total. The highest BCUT2D eigenvalue weighted by atomic mass is 16.5. The Morgan fingerprint density at radius 1 is 1.09 bits per heavy atom. The number of H-pyrrole nitrogens is 1. The van der Waals surface area contributed by atoms with Crippen LogP contribution in [0.3, 0.4) is 0 Å². The van der Waals surface area contributed by atoms with Gasteiger partial charge in [-0.1, -0.05) is 11.6 Å². The molecule has 1 aromatic heterocycles. The molecular weight excluding hydrogens is 292 g/mol. The maximum atomic E-state index is 10.1. The van der Waals surface area contributed by atoms with Crippen LogP contribution in [0.25, 0.3) is 10.9 Å². The van der Waals surface area contributed by atoms with Crippen molar-refractivity contribution < 1.29 is 14.6 Å². The number of fused-ring (bicyclic) bond motifs is 1. The molecule has 5 nitrogen and oxygen atoms in total. The lowest BCUT2D eigenvalue weighted by Crippen LogP contribution is -1.87. The quantitative estimate of drug-likeness (QED) is 0.717. The summed E-state index contributed by atoms with van der Waals surface area (Å²) < 4.78 is 10.5. The first kappa shape index (κ1) is 15.0. The molecule has 0 aliphatic heterocycles. The number of benzene rings is 2. The lowest BCUT2D eigenvalue weighted by Gasteiger charge is -2.06. The van der Waals surface area contributed by atoms with Crippen molar-refractivity contribution in [1.82, 2.24) is 4.98 Å². The Balaban J connectivity index is 2.06. The molecule has 0 aliphatic carbocycles. The van der Waals surface area contributed by atoms with Gasteiger partial charge < -0.3 is 19.6 Å². The molecule has 0 aliphatic rings. The summed E-state index contributed by atoms with van der Waals surface area (Å²) in [5, 5.41) is 11.1. The molecule has 23 heavy (non-hydrogen) atoms. The molecule has 0 radical (unpaired) electrons. The van der Waals surface area contributed by atoms with E-state index in [1.807, 2.05) is 31.2 Å². The minimum atomic E-state index is 0.0937. The normalized spacial score (nSPS) is 11.3. The summed E-state index contributed by atoms with van der Waals surface area (Å²) in [5.74, 6) is 1.42. The number of aromatic nitrogens is 1. The zero-order chi connectivity index (χ0) is 16.4. The van der Waals surface area contributed by atoms with Gasteiger partial charge in [-0.2, -0.15) is 0 Å². The molecule has 3 rings (SSSR count). The minimum Gasteiger partial charge on any atom is -0.497 e. The van der Waals surface area contributed by atoms with E-state index in [2.05, 4.69) is 9.98 Å². The first-order chi connectivity index (χ1) is 11.1. The van der Waals surface area contributed by atoms with Crippen LogP contribution < -0.4 is 9.47 Å². The second-order valence-corrected chi connectivity index (χ2v) is 5.23. The fraction of sp³-hybridized carbons (Fsp3) is 0.167. The molecule has 0 saturated carbocycles. The summed E-state index contributed by atoms with van der Waals surface area (Å²) in [6.07, 6.45) is 1.63. The summed E-state index contributed by atoms with van der Waals surface area (Å²) in [5.41, 5.74) is 3.26. The maximum absolute atomic E-state index is 10.1. The van der Waals surface area contributed by atoms with Gasteiger partial charge in [-0.05, 0) is 31.2 Å². The summed E-state index contributed by atoms with van der Waals surface area (Å²) in [6, 6.07) is 11.3. The second-order valence-electron chi connectivity index (χ2n) is 5.23. The van der Waals surface area contributed by atoms with Crippen LogP contribution >= 0.6 is 0 Å². The first-order valence-electron chi connectivity index (χ1n) is 7.19. The molecular formula is C18H18N2O3. The van der Waals surface area contributed by atoms with E-state index in [1.54, 1.807) is 32.6 Å². The van der Waals surface area contributed by atoms with Crippen LogP contribution in [0.5, 0.6) is 17.4 Å². The van der Waals surface area contributed by atoms with Crippen molar-refractivity contribution in [2.45, 2.75) is 6.92 Å². The zero-order valence-electron chi connectivity index (χ0n) is 13.3. The van der Waals surface area contributed by atoms with Crippen LogP contribution in [-0.2, 0) is 0 Å². The third-order valence-corrected chi connectivity index (χ3v) is 3.69. The highest BCUT2D eigenvalue weighted by Crippen LogP contribution is 2.32. The predicted molar refractivity (Wildman–Crippen MR) is 91.5 cm³/mol. The van der Waals surface area contributed by atoms with Crippen LogP contribution in [-0.4, -0.2) is 30.5 Å². The van der Waals surface area contributed by atoms with Gasteiger partial charge in [0.15, 0.2) is 5.88 Å². The lowest BCUT2D eigenvalue weighted by atomic mass is 10.1. The summed E-state index contributed by atoms with van der Waals surface area (Å²) in [6.45, 7) is 2.01. The molecule has 0 amide bonds. The number of nitrogens with zero attached hydrogens (tertiary/aromatic N) is 1. The molecule has 0 atom stereocenters. The largest absolute Gasteiger partial charge is 0.497 e. The predicted octanol–water partition coefficient (Wildman–Crippen LogP) is 3.95. The fourth-order valence-corrected chi connectivity index (χ4v) is 2.47. The minimum absolute atomic E-state index is 0.0937. The van der Waals surface area contributed by atoms with Crippen LogP contribution in [0.4, 0.5) is 5.69 Å². The van der Waals surface area contributed by atoms with E-state index in [4.69, 9.17) is 9.47 Å². The number of aromatic amines is 1. The van der Waals surface area contributed by atoms with Crippen molar-refractivity contribution >= 4 is 22.8 Å². The lowest BCUT2D eigenvalue weighted by molar-refractivity contribution is 0.404. The maximum Gasteiger partial charge on any atom is 0.198 e. The van der Waals surface area contributed by atoms with Gasteiger partial charge in [0, 0.05) is 23.2 Å². The van der Waals surface area contributed by atoms with Gasteiger partial charge >= 0.3 is 0 Å². The molecule has 118 valence electrons. The van der Waals surface area contributed by atoms with E-state index in [9.17, 15) is 5.11 Å². The highest BCUT2D eigenvalue weighted by molar-refractivity contribution is 6.03. The Kier molecular flexibility index (Phi) is 3.93. The number of aromatic hydroxyl groups is 1. The second kappa shape index (κ2) is 6.04. The number of rotatable bonds is 4. The molecule has 0 spiro atoms. The highest BCUT2D eigenvalue weighted by Gasteiger charge is 2.10. The Hall–Kier alpha value is -2.95. The van der Waals surface area contributed by atoms with E-state index in [-0.39, 0.29) is 5.88 Å². The van der Waals surface area contributed by atoms with Crippen molar-refractivity contribution in [3.63, 3.8) is 0 Å². The number of aryl methyl sites for hydroxylation is 1. The molecule has 1 heterocycles. The third-order valence-electron chi connectivity index (χ3n) is 3.69. The number of aliphatic imine (C=N–C) groups is 1. The number of ether oxygens (including phenoxy) is 2. The van der Waals surface area contributed by atoms with Gasteiger partial charge in [0.2, 0.25) is 0 Å². The van der Waals surface area contributed by atoms with Gasteiger partial charge in [0.05, 0.1) is 19.8 Å². The van der Waals surface area contributed by atoms with E-state index in [0.717, 1.165) is 16.5 Å². The smallest absolute Gasteiger partial charge is 0.198 e. The number of hydrogen-bond acceptors (Lipinski definition) is 4. The van der Waals surface area contributed by atoms with Gasteiger partial charge in [-0.15, -0.1) is 0 Å². The van der Waals surface area contributed by atoms with E-state index < -0.39 is 0 Å². The van der Waals surface area contributed by atoms with Crippen molar-refractivity contribution in [3.05, 3.63) is 47.5 Å². The average Bonchev–Trinajstić information content (AvgIpc) is 2.87. The van der Waals surface area contributed by atoms with Crippen LogP contribution in [0.15, 0.2) is 41.4 Å². The molecule has 2 aromatic carbocycles. The number of methoxy groups -OCH3 is 2. The van der Waals surface area contributed by atoms with E-state index >= 15 is 0 Å². The molecule has 0 fully saturated rings. The van der Waals surface area contributed by atoms with Gasteiger partial charge in [-0.25, -0.2) is 0 Å². The first-order valence-corrected chi connectivity index (χ1v) is 7.19. The van der Waals surface area contributed by atoms with E-state index in [0.29, 0.717) is 22.7 Å². The Labute approximate surface area is 134 Å². The number of hydrogen-bond donors (Lipinski definition) is 2. The van der Waals surface area contributed by atoms with Crippen molar-refractivity contribution in [2.75, 3.05) is 14.2 Å². The molecule has 3 aromatic rings. The standard InChI is InChI=1S/C18H18N2O3/c1-11-4-6-15-13(8-11)14(18(21)20-15)10-19-16-9-12(22-2)5-7-17(16)23-3/h4-10,20-21H,1-3H3. The SMILES string of the molecule is COc1ccc(OC)c(N=Cc2c(O)[nH]c3ccc(C)cc23)c1. The fourth-order valence-electron chi connectivity index (χ4n) is 2.47. The number of nitrogens with one attached hydrogen (secondary N) is 1. The topological polar surface area (TPSA) is 66.8 Å². The van der Waals surface area contributed by atoms with Crippen LogP contribution in [0, 0.1) is 6.92 Å². The van der Waals surface area contributed by atoms with Crippen molar-refractivity contribution in [3.8, 4) is 17.4 Å². The summed E-state index contributed by atoms with van der Waals surface area (Å²) in [7, 11) is 3.19. The van der Waals surface area contributed by atoms with Gasteiger partial charge in [0.25, 0.3) is 0 Å². The van der Waals surface area contributed by atoms with E-state index in [1.165, 1.54) is 0 Å². The monoisotopic (exact) mass is 310 g/mol.